The summed E-state index contributed by atoms with van der Waals surface area (Å²) in [6.07, 6.45) is -3.17. The summed E-state index contributed by atoms with van der Waals surface area (Å²) in [4.78, 5) is 9.35. The molecule has 3 rings (SSSR count). The second kappa shape index (κ2) is 6.86. The molecule has 2 aromatic rings. The van der Waals surface area contributed by atoms with Gasteiger partial charge in [-0.2, -0.15) is 18.2 Å². The quantitative estimate of drug-likeness (QED) is 0.824. The maximum absolute atomic E-state index is 13.3. The van der Waals surface area contributed by atoms with Crippen LogP contribution < -0.4 is 16.0 Å². The molecule has 0 saturated carbocycles. The van der Waals surface area contributed by atoms with Crippen molar-refractivity contribution < 1.29 is 13.2 Å². The predicted molar refractivity (Wildman–Crippen MR) is 91.6 cm³/mol. The fourth-order valence-corrected chi connectivity index (χ4v) is 2.85. The first-order valence-corrected chi connectivity index (χ1v) is 8.16. The molecule has 3 N–H and O–H groups in total. The SMILES string of the molecule is NC1CCN(c2nc(Nc3ccc(Cl)c(Cl)c3)ncc2C(F)(F)F)C1. The Morgan fingerprint density at radius 3 is 2.60 bits per heavy atom. The van der Waals surface area contributed by atoms with Crippen molar-refractivity contribution in [2.24, 2.45) is 5.73 Å². The molecule has 1 unspecified atom stereocenters. The van der Waals surface area contributed by atoms with Crippen molar-refractivity contribution in [2.45, 2.75) is 18.6 Å². The molecule has 1 fully saturated rings. The van der Waals surface area contributed by atoms with Gasteiger partial charge in [-0.25, -0.2) is 4.98 Å². The lowest BCUT2D eigenvalue weighted by Crippen LogP contribution is -2.29. The predicted octanol–water partition coefficient (Wildman–Crippen LogP) is 4.08. The van der Waals surface area contributed by atoms with E-state index in [1.165, 1.54) is 11.0 Å². The highest BCUT2D eigenvalue weighted by Crippen LogP contribution is 2.37. The van der Waals surface area contributed by atoms with Gasteiger partial charge in [0.25, 0.3) is 0 Å². The molecule has 134 valence electrons. The molecule has 0 spiro atoms. The van der Waals surface area contributed by atoms with Crippen LogP contribution in [0.1, 0.15) is 12.0 Å². The Balaban J connectivity index is 1.94. The van der Waals surface area contributed by atoms with Crippen molar-refractivity contribution in [1.82, 2.24) is 9.97 Å². The van der Waals surface area contributed by atoms with Crippen LogP contribution in [0, 0.1) is 0 Å². The van der Waals surface area contributed by atoms with Crippen molar-refractivity contribution in [3.63, 3.8) is 0 Å². The van der Waals surface area contributed by atoms with Crippen LogP contribution in [0.15, 0.2) is 24.4 Å². The Kier molecular flexibility index (Phi) is 4.95. The van der Waals surface area contributed by atoms with Gasteiger partial charge < -0.3 is 16.0 Å². The van der Waals surface area contributed by atoms with Crippen LogP contribution in [0.5, 0.6) is 0 Å². The maximum Gasteiger partial charge on any atom is 0.421 e. The molecule has 1 saturated heterocycles. The van der Waals surface area contributed by atoms with E-state index in [0.29, 0.717) is 35.2 Å². The fourth-order valence-electron chi connectivity index (χ4n) is 2.56. The van der Waals surface area contributed by atoms with E-state index in [-0.39, 0.29) is 17.8 Å². The first-order chi connectivity index (χ1) is 11.7. The zero-order chi connectivity index (χ0) is 18.2. The van der Waals surface area contributed by atoms with E-state index in [9.17, 15) is 13.2 Å². The van der Waals surface area contributed by atoms with Crippen LogP contribution >= 0.6 is 23.2 Å². The van der Waals surface area contributed by atoms with E-state index >= 15 is 0 Å². The van der Waals surface area contributed by atoms with E-state index < -0.39 is 11.7 Å². The third-order valence-corrected chi connectivity index (χ3v) is 4.51. The lowest BCUT2D eigenvalue weighted by atomic mass is 10.2. The molecule has 1 aromatic carbocycles. The Morgan fingerprint density at radius 2 is 2.00 bits per heavy atom. The molecular weight excluding hydrogens is 378 g/mol. The number of halogens is 5. The molecular formula is C15H14Cl2F3N5. The summed E-state index contributed by atoms with van der Waals surface area (Å²) in [5.41, 5.74) is 5.43. The summed E-state index contributed by atoms with van der Waals surface area (Å²) in [7, 11) is 0. The first-order valence-electron chi connectivity index (χ1n) is 7.41. The number of rotatable bonds is 3. The van der Waals surface area contributed by atoms with Gasteiger partial charge in [-0.3, -0.25) is 0 Å². The zero-order valence-electron chi connectivity index (χ0n) is 12.8. The smallest absolute Gasteiger partial charge is 0.354 e. The van der Waals surface area contributed by atoms with E-state index in [1.54, 1.807) is 12.1 Å². The summed E-state index contributed by atoms with van der Waals surface area (Å²) in [5.74, 6) is -0.153. The normalized spacial score (nSPS) is 17.8. The molecule has 1 aliphatic heterocycles. The first kappa shape index (κ1) is 18.0. The minimum absolute atomic E-state index is 0.0295. The summed E-state index contributed by atoms with van der Waals surface area (Å²) >= 11 is 11.8. The van der Waals surface area contributed by atoms with Crippen molar-refractivity contribution in [1.29, 1.82) is 0 Å². The number of nitrogens with one attached hydrogen (secondary N) is 1. The van der Waals surface area contributed by atoms with Crippen LogP contribution in [0.2, 0.25) is 10.0 Å². The van der Waals surface area contributed by atoms with Crippen molar-refractivity contribution in [3.05, 3.63) is 40.0 Å². The number of hydrogen-bond donors (Lipinski definition) is 2. The number of anilines is 3. The lowest BCUT2D eigenvalue weighted by Gasteiger charge is -2.22. The molecule has 0 radical (unpaired) electrons. The third kappa shape index (κ3) is 4.08. The average molecular weight is 392 g/mol. The molecule has 0 aliphatic carbocycles. The monoisotopic (exact) mass is 391 g/mol. The van der Waals surface area contributed by atoms with E-state index in [4.69, 9.17) is 28.9 Å². The van der Waals surface area contributed by atoms with Gasteiger partial charge in [0.15, 0.2) is 0 Å². The number of alkyl halides is 3. The minimum atomic E-state index is -4.55. The topological polar surface area (TPSA) is 67.1 Å². The van der Waals surface area contributed by atoms with Crippen LogP contribution in [0.4, 0.5) is 30.6 Å². The number of benzene rings is 1. The summed E-state index contributed by atoms with van der Waals surface area (Å²) in [6.45, 7) is 0.722. The van der Waals surface area contributed by atoms with Crippen LogP contribution in [-0.4, -0.2) is 29.1 Å². The Bertz CT molecular complexity index is 784. The van der Waals surface area contributed by atoms with Crippen molar-refractivity contribution in [3.8, 4) is 0 Å². The number of aromatic nitrogens is 2. The second-order valence-electron chi connectivity index (χ2n) is 5.68. The summed E-state index contributed by atoms with van der Waals surface area (Å²) in [5, 5.41) is 3.51. The highest BCUT2D eigenvalue weighted by Gasteiger charge is 2.38. The van der Waals surface area contributed by atoms with Crippen LogP contribution in [0.25, 0.3) is 0 Å². The van der Waals surface area contributed by atoms with Crippen molar-refractivity contribution in [2.75, 3.05) is 23.3 Å². The van der Waals surface area contributed by atoms with Crippen molar-refractivity contribution >= 4 is 40.7 Å². The highest BCUT2D eigenvalue weighted by atomic mass is 35.5. The van der Waals surface area contributed by atoms with E-state index in [1.807, 2.05) is 0 Å². The zero-order valence-corrected chi connectivity index (χ0v) is 14.3. The number of nitrogens with two attached hydrogens (primary N) is 1. The highest BCUT2D eigenvalue weighted by molar-refractivity contribution is 6.42. The Morgan fingerprint density at radius 1 is 1.24 bits per heavy atom. The average Bonchev–Trinajstić information content (AvgIpc) is 2.96. The summed E-state index contributed by atoms with van der Waals surface area (Å²) in [6, 6.07) is 4.55. The van der Waals surface area contributed by atoms with Gasteiger partial charge in [0.2, 0.25) is 5.95 Å². The molecule has 25 heavy (non-hydrogen) atoms. The van der Waals surface area contributed by atoms with E-state index in [2.05, 4.69) is 15.3 Å². The summed E-state index contributed by atoms with van der Waals surface area (Å²) < 4.78 is 39.8. The molecule has 1 atom stereocenters. The largest absolute Gasteiger partial charge is 0.421 e. The number of hydrogen-bond acceptors (Lipinski definition) is 5. The molecule has 0 amide bonds. The van der Waals surface area contributed by atoms with Crippen LogP contribution in [0.3, 0.4) is 0 Å². The second-order valence-corrected chi connectivity index (χ2v) is 6.49. The van der Waals surface area contributed by atoms with Gasteiger partial charge in [0.1, 0.15) is 11.4 Å². The van der Waals surface area contributed by atoms with Gasteiger partial charge in [-0.1, -0.05) is 23.2 Å². The van der Waals surface area contributed by atoms with Gasteiger partial charge in [-0.15, -0.1) is 0 Å². The molecule has 2 heterocycles. The number of nitrogens with zero attached hydrogens (tertiary/aromatic N) is 3. The van der Waals surface area contributed by atoms with E-state index in [0.717, 1.165) is 6.20 Å². The maximum atomic E-state index is 13.3. The molecule has 1 aliphatic rings. The van der Waals surface area contributed by atoms with Gasteiger partial charge >= 0.3 is 6.18 Å². The Labute approximate surface area is 151 Å². The van der Waals surface area contributed by atoms with Gasteiger partial charge in [0.05, 0.1) is 10.0 Å². The third-order valence-electron chi connectivity index (χ3n) is 3.77. The molecule has 5 nitrogen and oxygen atoms in total. The fraction of sp³-hybridized carbons (Fsp3) is 0.333. The lowest BCUT2D eigenvalue weighted by molar-refractivity contribution is -0.137. The molecule has 1 aromatic heterocycles. The van der Waals surface area contributed by atoms with Gasteiger partial charge in [-0.05, 0) is 24.6 Å². The standard InChI is InChI=1S/C15H14Cl2F3N5/c16-11-2-1-9(5-12(11)17)23-14-22-6-10(15(18,19)20)13(24-14)25-4-3-8(21)7-25/h1-2,5-6,8H,3-4,7,21H2,(H,22,23,24). The van der Waals surface area contributed by atoms with Gasteiger partial charge in [0, 0.05) is 31.0 Å². The van der Waals surface area contributed by atoms with Crippen LogP contribution in [-0.2, 0) is 6.18 Å². The Hall–Kier alpha value is -1.77. The molecule has 10 heteroatoms. The molecule has 0 bridgehead atoms. The minimum Gasteiger partial charge on any atom is -0.354 e.